The number of halogens is 2. The Bertz CT molecular complexity index is 982. The van der Waals surface area contributed by atoms with Crippen molar-refractivity contribution in [2.45, 2.75) is 76.4 Å². The SMILES string of the molecule is C[C@@H](CCCc1ccccc1)[C@H](O)CCC1CC(F)(F)C(=O)N1CCCc1cccc(C(=O)O)c1. The molecule has 0 saturated carbocycles. The molecule has 1 heterocycles. The summed E-state index contributed by atoms with van der Waals surface area (Å²) in [5.41, 5.74) is 2.22. The maximum Gasteiger partial charge on any atom is 0.335 e. The van der Waals surface area contributed by atoms with E-state index in [4.69, 9.17) is 5.11 Å². The first-order valence-corrected chi connectivity index (χ1v) is 12.4. The molecule has 0 bridgehead atoms. The largest absolute Gasteiger partial charge is 0.478 e. The van der Waals surface area contributed by atoms with Crippen LogP contribution in [0.4, 0.5) is 8.78 Å². The van der Waals surface area contributed by atoms with Crippen molar-refractivity contribution in [1.29, 1.82) is 0 Å². The highest BCUT2D eigenvalue weighted by atomic mass is 19.3. The molecule has 5 nitrogen and oxygen atoms in total. The first-order chi connectivity index (χ1) is 16.7. The summed E-state index contributed by atoms with van der Waals surface area (Å²) in [7, 11) is 0. The number of carboxylic acids is 1. The number of amides is 1. The number of hydrogen-bond acceptors (Lipinski definition) is 3. The van der Waals surface area contributed by atoms with E-state index in [-0.39, 0.29) is 18.0 Å². The number of aromatic carboxylic acids is 1. The quantitative estimate of drug-likeness (QED) is 0.399. The molecule has 0 aliphatic carbocycles. The highest BCUT2D eigenvalue weighted by Crippen LogP contribution is 2.36. The molecule has 7 heteroatoms. The number of carbonyl (C=O) groups excluding carboxylic acids is 1. The van der Waals surface area contributed by atoms with Crippen molar-refractivity contribution in [3.05, 3.63) is 71.3 Å². The molecule has 3 rings (SSSR count). The van der Waals surface area contributed by atoms with Gasteiger partial charge in [0.15, 0.2) is 0 Å². The van der Waals surface area contributed by atoms with Gasteiger partial charge in [-0.25, -0.2) is 4.79 Å². The predicted octanol–water partition coefficient (Wildman–Crippen LogP) is 5.35. The van der Waals surface area contributed by atoms with Crippen molar-refractivity contribution in [1.82, 2.24) is 4.90 Å². The van der Waals surface area contributed by atoms with Crippen molar-refractivity contribution in [3.63, 3.8) is 0 Å². The fourth-order valence-corrected chi connectivity index (χ4v) is 4.84. The molecule has 1 fully saturated rings. The van der Waals surface area contributed by atoms with E-state index in [1.54, 1.807) is 18.2 Å². The van der Waals surface area contributed by atoms with E-state index >= 15 is 0 Å². The lowest BCUT2D eigenvalue weighted by atomic mass is 9.92. The number of alkyl halides is 2. The number of nitrogens with zero attached hydrogens (tertiary/aromatic N) is 1. The standard InChI is InChI=1S/C28H35F2NO4/c1-20(8-5-11-21-9-3-2-4-10-21)25(32)16-15-24-19-28(29,30)27(35)31(24)17-7-13-22-12-6-14-23(18-22)26(33)34/h2-4,6,9-10,12,14,18,20,24-25,32H,5,7-8,11,13,15-17,19H2,1H3,(H,33,34)/t20-,24?,25+/m0/s1. The van der Waals surface area contributed by atoms with Gasteiger partial charge in [-0.05, 0) is 74.1 Å². The summed E-state index contributed by atoms with van der Waals surface area (Å²) in [5, 5.41) is 19.7. The van der Waals surface area contributed by atoms with Gasteiger partial charge in [0, 0.05) is 19.0 Å². The topological polar surface area (TPSA) is 77.8 Å². The first kappa shape index (κ1) is 26.8. The van der Waals surface area contributed by atoms with Crippen LogP contribution < -0.4 is 0 Å². The third-order valence-electron chi connectivity index (χ3n) is 6.97. The second-order valence-electron chi connectivity index (χ2n) is 9.67. The van der Waals surface area contributed by atoms with Gasteiger partial charge < -0.3 is 15.1 Å². The van der Waals surface area contributed by atoms with E-state index in [9.17, 15) is 23.5 Å². The monoisotopic (exact) mass is 487 g/mol. The summed E-state index contributed by atoms with van der Waals surface area (Å²) in [4.78, 5) is 24.7. The molecule has 2 N–H and O–H groups in total. The van der Waals surface area contributed by atoms with Gasteiger partial charge >= 0.3 is 11.9 Å². The summed E-state index contributed by atoms with van der Waals surface area (Å²) in [6.45, 7) is 2.16. The molecule has 2 aromatic rings. The van der Waals surface area contributed by atoms with Crippen LogP contribution in [0.25, 0.3) is 0 Å². The van der Waals surface area contributed by atoms with Crippen molar-refractivity contribution >= 4 is 11.9 Å². The molecule has 3 atom stereocenters. The Hall–Kier alpha value is -2.80. The summed E-state index contributed by atoms with van der Waals surface area (Å²) in [6, 6.07) is 16.1. The number of rotatable bonds is 13. The summed E-state index contributed by atoms with van der Waals surface area (Å²) in [6.07, 6.45) is 3.25. The molecule has 35 heavy (non-hydrogen) atoms. The molecule has 0 aromatic heterocycles. The lowest BCUT2D eigenvalue weighted by Gasteiger charge is -2.26. The van der Waals surface area contributed by atoms with E-state index < -0.39 is 36.4 Å². The summed E-state index contributed by atoms with van der Waals surface area (Å²) in [5.74, 6) is -5.49. The Kier molecular flexibility index (Phi) is 9.38. The molecule has 0 spiro atoms. The molecule has 1 saturated heterocycles. The average Bonchev–Trinajstić information content (AvgIpc) is 3.06. The second-order valence-corrected chi connectivity index (χ2v) is 9.67. The number of aliphatic hydroxyl groups is 1. The molecule has 1 amide bonds. The number of hydrogen-bond donors (Lipinski definition) is 2. The maximum absolute atomic E-state index is 14.2. The third kappa shape index (κ3) is 7.59. The molecule has 1 aliphatic rings. The van der Waals surface area contributed by atoms with E-state index in [0.29, 0.717) is 25.7 Å². The molecular formula is C28H35F2NO4. The zero-order valence-electron chi connectivity index (χ0n) is 20.2. The first-order valence-electron chi connectivity index (χ1n) is 12.4. The van der Waals surface area contributed by atoms with Crippen molar-refractivity contribution in [2.75, 3.05) is 6.54 Å². The minimum absolute atomic E-state index is 0.0475. The van der Waals surface area contributed by atoms with E-state index in [2.05, 4.69) is 12.1 Å². The van der Waals surface area contributed by atoms with Gasteiger partial charge in [0.25, 0.3) is 5.91 Å². The van der Waals surface area contributed by atoms with Crippen LogP contribution >= 0.6 is 0 Å². The summed E-state index contributed by atoms with van der Waals surface area (Å²) < 4.78 is 28.4. The Morgan fingerprint density at radius 2 is 1.74 bits per heavy atom. The second kappa shape index (κ2) is 12.2. The Morgan fingerprint density at radius 1 is 1.06 bits per heavy atom. The maximum atomic E-state index is 14.2. The highest BCUT2D eigenvalue weighted by molar-refractivity contribution is 5.87. The van der Waals surface area contributed by atoms with Crippen LogP contribution in [-0.2, 0) is 17.6 Å². The normalized spacial score (nSPS) is 19.0. The van der Waals surface area contributed by atoms with E-state index in [1.165, 1.54) is 16.5 Å². The van der Waals surface area contributed by atoms with Gasteiger partial charge in [0.05, 0.1) is 11.7 Å². The van der Waals surface area contributed by atoms with Crippen molar-refractivity contribution in [3.8, 4) is 0 Å². The van der Waals surface area contributed by atoms with Gasteiger partial charge in [0.1, 0.15) is 0 Å². The van der Waals surface area contributed by atoms with E-state index in [0.717, 1.165) is 24.8 Å². The number of aryl methyl sites for hydroxylation is 2. The minimum Gasteiger partial charge on any atom is -0.478 e. The molecule has 1 aliphatic heterocycles. The van der Waals surface area contributed by atoms with Gasteiger partial charge in [-0.3, -0.25) is 4.79 Å². The van der Waals surface area contributed by atoms with Crippen molar-refractivity contribution < 1.29 is 28.6 Å². The molecule has 0 radical (unpaired) electrons. The predicted molar refractivity (Wildman–Crippen MR) is 131 cm³/mol. The third-order valence-corrected chi connectivity index (χ3v) is 6.97. The van der Waals surface area contributed by atoms with Crippen LogP contribution in [0.2, 0.25) is 0 Å². The molecule has 190 valence electrons. The van der Waals surface area contributed by atoms with Gasteiger partial charge in [-0.1, -0.05) is 49.4 Å². The fraction of sp³-hybridized carbons (Fsp3) is 0.500. The van der Waals surface area contributed by atoms with Gasteiger partial charge in [-0.15, -0.1) is 0 Å². The van der Waals surface area contributed by atoms with Crippen LogP contribution in [-0.4, -0.2) is 51.6 Å². The average molecular weight is 488 g/mol. The van der Waals surface area contributed by atoms with Crippen LogP contribution in [0.5, 0.6) is 0 Å². The Labute approximate surface area is 205 Å². The molecule has 1 unspecified atom stereocenters. The fourth-order valence-electron chi connectivity index (χ4n) is 4.84. The lowest BCUT2D eigenvalue weighted by Crippen LogP contribution is -2.37. The zero-order valence-corrected chi connectivity index (χ0v) is 20.2. The van der Waals surface area contributed by atoms with Crippen LogP contribution in [0, 0.1) is 5.92 Å². The summed E-state index contributed by atoms with van der Waals surface area (Å²) >= 11 is 0. The Morgan fingerprint density at radius 3 is 2.46 bits per heavy atom. The minimum atomic E-state index is -3.37. The smallest absolute Gasteiger partial charge is 0.335 e. The van der Waals surface area contributed by atoms with Crippen molar-refractivity contribution in [2.24, 2.45) is 5.92 Å². The number of carbonyl (C=O) groups is 2. The lowest BCUT2D eigenvalue weighted by molar-refractivity contribution is -0.148. The van der Waals surface area contributed by atoms with Crippen LogP contribution in [0.1, 0.15) is 66.9 Å². The number of aliphatic hydroxyl groups excluding tert-OH is 1. The van der Waals surface area contributed by atoms with Gasteiger partial charge in [-0.2, -0.15) is 8.78 Å². The van der Waals surface area contributed by atoms with Gasteiger partial charge in [0.2, 0.25) is 0 Å². The van der Waals surface area contributed by atoms with Crippen LogP contribution in [0.15, 0.2) is 54.6 Å². The van der Waals surface area contributed by atoms with Crippen LogP contribution in [0.3, 0.4) is 0 Å². The number of likely N-dealkylation sites (tertiary alicyclic amines) is 1. The zero-order chi connectivity index (χ0) is 25.4. The Balaban J connectivity index is 1.47. The highest BCUT2D eigenvalue weighted by Gasteiger charge is 2.52. The molecular weight excluding hydrogens is 452 g/mol. The van der Waals surface area contributed by atoms with E-state index in [1.807, 2.05) is 25.1 Å². The number of carboxylic acid groups (broad SMARTS) is 1. The number of benzene rings is 2. The molecule has 2 aromatic carbocycles.